The van der Waals surface area contributed by atoms with E-state index in [0.29, 0.717) is 24.6 Å². The van der Waals surface area contributed by atoms with E-state index in [9.17, 15) is 14.7 Å². The van der Waals surface area contributed by atoms with Gasteiger partial charge in [-0.2, -0.15) is 0 Å². The van der Waals surface area contributed by atoms with E-state index in [1.165, 1.54) is 16.0 Å². The second-order valence-corrected chi connectivity index (χ2v) is 12.2. The highest BCUT2D eigenvalue weighted by atomic mass is 35.5. The van der Waals surface area contributed by atoms with Crippen molar-refractivity contribution in [2.24, 2.45) is 17.8 Å². The van der Waals surface area contributed by atoms with Crippen LogP contribution in [0.2, 0.25) is 5.02 Å². The van der Waals surface area contributed by atoms with Crippen molar-refractivity contribution in [3.63, 3.8) is 0 Å². The van der Waals surface area contributed by atoms with Gasteiger partial charge in [-0.05, 0) is 83.7 Å². The Morgan fingerprint density at radius 2 is 1.93 bits per heavy atom. The molecule has 2 aromatic carbocycles. The van der Waals surface area contributed by atoms with Gasteiger partial charge in [0.05, 0.1) is 36.1 Å². The number of fused-ring (bicyclic) bond motifs is 3. The highest BCUT2D eigenvalue weighted by molar-refractivity contribution is 7.09. The molecule has 3 aliphatic rings. The molecule has 206 valence electrons. The summed E-state index contributed by atoms with van der Waals surface area (Å²) in [6.45, 7) is 2.98. The molecule has 0 saturated carbocycles. The Bertz CT molecular complexity index is 1480. The number of carbonyl (C=O) groups is 2. The second-order valence-electron chi connectivity index (χ2n) is 10.8. The smallest absolute Gasteiger partial charge is 0.234 e. The summed E-state index contributed by atoms with van der Waals surface area (Å²) < 4.78 is 6.42. The van der Waals surface area contributed by atoms with Crippen molar-refractivity contribution in [1.29, 1.82) is 0 Å². The molecule has 2 amide bonds. The van der Waals surface area contributed by atoms with Gasteiger partial charge in [-0.15, -0.1) is 11.3 Å². The zero-order chi connectivity index (χ0) is 27.8. The quantitative estimate of drug-likeness (QED) is 0.174. The Labute approximate surface area is 243 Å². The average molecular weight is 574 g/mol. The van der Waals surface area contributed by atoms with Gasteiger partial charge in [-0.25, -0.2) is 0 Å². The number of imide groups is 1. The Morgan fingerprint density at radius 3 is 2.65 bits per heavy atom. The van der Waals surface area contributed by atoms with Crippen LogP contribution < -0.4 is 0 Å². The van der Waals surface area contributed by atoms with E-state index in [4.69, 9.17) is 16.3 Å². The van der Waals surface area contributed by atoms with Crippen LogP contribution in [0.1, 0.15) is 48.6 Å². The first-order valence-electron chi connectivity index (χ1n) is 13.9. The number of allylic oxidation sites excluding steroid dienone is 2. The number of hydrogen-bond acceptors (Lipinski definition) is 5. The fourth-order valence-electron chi connectivity index (χ4n) is 6.65. The molecular weight excluding hydrogens is 542 g/mol. The van der Waals surface area contributed by atoms with Crippen LogP contribution in [0.4, 0.5) is 0 Å². The number of phenols is 1. The number of benzene rings is 2. The van der Waals surface area contributed by atoms with E-state index in [0.717, 1.165) is 40.8 Å². The van der Waals surface area contributed by atoms with Gasteiger partial charge in [0.25, 0.3) is 0 Å². The first-order chi connectivity index (χ1) is 19.4. The Morgan fingerprint density at radius 1 is 1.10 bits per heavy atom. The highest BCUT2D eigenvalue weighted by Crippen LogP contribution is 2.51. The van der Waals surface area contributed by atoms with Crippen molar-refractivity contribution < 1.29 is 19.4 Å². The average Bonchev–Trinajstić information content (AvgIpc) is 3.69. The summed E-state index contributed by atoms with van der Waals surface area (Å²) in [6.07, 6.45) is 5.01. The number of amides is 2. The maximum atomic E-state index is 13.6. The highest BCUT2D eigenvalue weighted by Gasteiger charge is 2.56. The van der Waals surface area contributed by atoms with Crippen LogP contribution >= 0.6 is 22.9 Å². The summed E-state index contributed by atoms with van der Waals surface area (Å²) in [4.78, 5) is 29.6. The summed E-state index contributed by atoms with van der Waals surface area (Å²) in [6, 6.07) is 19.2. The van der Waals surface area contributed by atoms with Gasteiger partial charge in [-0.1, -0.05) is 60.5 Å². The van der Waals surface area contributed by atoms with Gasteiger partial charge in [-0.3, -0.25) is 14.5 Å². The molecule has 1 aliphatic carbocycles. The fraction of sp³-hybridized carbons (Fsp3) is 0.333. The molecule has 0 spiro atoms. The van der Waals surface area contributed by atoms with Crippen molar-refractivity contribution in [2.75, 3.05) is 6.61 Å². The SMILES string of the molecule is CCC1=C2[C@@H](CC/C(=C/c3ccc(O)cc3Cl)c3ccccc3)OC[C@@H]2[C@@H]2C(=O)N(Cc3cccs3)C(=O)[C@@H]2C1. The predicted octanol–water partition coefficient (Wildman–Crippen LogP) is 7.35. The number of carbonyl (C=O) groups excluding carboxylic acids is 2. The molecule has 2 saturated heterocycles. The van der Waals surface area contributed by atoms with Gasteiger partial charge >= 0.3 is 0 Å². The number of phenolic OH excluding ortho intramolecular Hbond substituents is 1. The molecular formula is C33H32ClNO4S. The van der Waals surface area contributed by atoms with Crippen LogP contribution in [0.5, 0.6) is 5.75 Å². The van der Waals surface area contributed by atoms with Crippen LogP contribution in [-0.4, -0.2) is 34.5 Å². The maximum absolute atomic E-state index is 13.6. The van der Waals surface area contributed by atoms with Gasteiger partial charge < -0.3 is 9.84 Å². The maximum Gasteiger partial charge on any atom is 0.234 e. The van der Waals surface area contributed by atoms with E-state index in [2.05, 4.69) is 25.1 Å². The van der Waals surface area contributed by atoms with Crippen molar-refractivity contribution in [1.82, 2.24) is 4.90 Å². The minimum atomic E-state index is -0.331. The zero-order valence-corrected chi connectivity index (χ0v) is 24.0. The number of aromatic hydroxyl groups is 1. The van der Waals surface area contributed by atoms with Crippen LogP contribution in [0.15, 0.2) is 77.2 Å². The summed E-state index contributed by atoms with van der Waals surface area (Å²) in [5.41, 5.74) is 5.60. The molecule has 3 aromatic rings. The summed E-state index contributed by atoms with van der Waals surface area (Å²) in [7, 11) is 0. The molecule has 7 heteroatoms. The molecule has 0 bridgehead atoms. The molecule has 0 unspecified atom stereocenters. The Hall–Kier alpha value is -3.19. The predicted molar refractivity (Wildman–Crippen MR) is 159 cm³/mol. The molecule has 2 fully saturated rings. The van der Waals surface area contributed by atoms with Crippen LogP contribution in [0.3, 0.4) is 0 Å². The topological polar surface area (TPSA) is 66.8 Å². The lowest BCUT2D eigenvalue weighted by Gasteiger charge is -2.31. The molecule has 2 aliphatic heterocycles. The number of thiophene rings is 1. The van der Waals surface area contributed by atoms with Crippen molar-refractivity contribution in [3.05, 3.63) is 98.2 Å². The summed E-state index contributed by atoms with van der Waals surface area (Å²) in [5.74, 6) is -0.594. The molecule has 4 atom stereocenters. The van der Waals surface area contributed by atoms with Crippen molar-refractivity contribution >= 4 is 46.4 Å². The normalized spacial score (nSPS) is 24.6. The minimum Gasteiger partial charge on any atom is -0.508 e. The van der Waals surface area contributed by atoms with Crippen molar-refractivity contribution in [2.45, 2.75) is 45.3 Å². The third-order valence-corrected chi connectivity index (χ3v) is 9.74. The number of nitrogens with zero attached hydrogens (tertiary/aromatic N) is 1. The number of ether oxygens (including phenoxy) is 1. The molecule has 5 nitrogen and oxygen atoms in total. The number of likely N-dealkylation sites (tertiary alicyclic amines) is 1. The Kier molecular flexibility index (Phi) is 7.67. The van der Waals surface area contributed by atoms with E-state index in [1.807, 2.05) is 41.8 Å². The van der Waals surface area contributed by atoms with Crippen LogP contribution in [-0.2, 0) is 20.9 Å². The Balaban J connectivity index is 1.25. The third-order valence-electron chi connectivity index (χ3n) is 8.55. The fourth-order valence-corrected chi connectivity index (χ4v) is 7.57. The van der Waals surface area contributed by atoms with Crippen molar-refractivity contribution in [3.8, 4) is 5.75 Å². The van der Waals surface area contributed by atoms with E-state index in [1.54, 1.807) is 23.5 Å². The molecule has 6 rings (SSSR count). The number of halogens is 1. The van der Waals surface area contributed by atoms with E-state index in [-0.39, 0.29) is 41.4 Å². The zero-order valence-electron chi connectivity index (χ0n) is 22.4. The van der Waals surface area contributed by atoms with Gasteiger partial charge in [0, 0.05) is 10.8 Å². The molecule has 0 radical (unpaired) electrons. The van der Waals surface area contributed by atoms with Gasteiger partial charge in [0.1, 0.15) is 5.75 Å². The molecule has 3 heterocycles. The van der Waals surface area contributed by atoms with Gasteiger partial charge in [0.15, 0.2) is 0 Å². The first-order valence-corrected chi connectivity index (χ1v) is 15.2. The molecule has 1 aromatic heterocycles. The van der Waals surface area contributed by atoms with E-state index < -0.39 is 0 Å². The summed E-state index contributed by atoms with van der Waals surface area (Å²) >= 11 is 8.03. The molecule has 1 N–H and O–H groups in total. The van der Waals surface area contributed by atoms with E-state index >= 15 is 0 Å². The van der Waals surface area contributed by atoms with Gasteiger partial charge in [0.2, 0.25) is 11.8 Å². The van der Waals surface area contributed by atoms with Crippen LogP contribution in [0.25, 0.3) is 11.6 Å². The lowest BCUT2D eigenvalue weighted by atomic mass is 9.69. The monoisotopic (exact) mass is 573 g/mol. The lowest BCUT2D eigenvalue weighted by molar-refractivity contribution is -0.140. The van der Waals surface area contributed by atoms with Crippen LogP contribution in [0, 0.1) is 17.8 Å². The minimum absolute atomic E-state index is 0.0306. The first kappa shape index (κ1) is 27.0. The third kappa shape index (κ3) is 5.05. The second kappa shape index (κ2) is 11.4. The number of rotatable bonds is 8. The molecule has 40 heavy (non-hydrogen) atoms. The summed E-state index contributed by atoms with van der Waals surface area (Å²) in [5, 5.41) is 12.3. The largest absolute Gasteiger partial charge is 0.508 e. The lowest BCUT2D eigenvalue weighted by Crippen LogP contribution is -2.34. The standard InChI is InChI=1S/C33H32ClNO4S/c1-2-20-16-26-31(33(38)35(32(26)37)18-25-9-6-14-40-25)27-19-39-29(30(20)27)13-11-22(21-7-4-3-5-8-21)15-23-10-12-24(36)17-28(23)34/h3-10,12,14-15,17,26-27,29,31,36H,2,11,13,16,18-19H2,1H3/b22-15-/t26-,27+,29-,31-/m1/s1. The number of hydrogen-bond donors (Lipinski definition) is 1.